The maximum Gasteiger partial charge on any atom is 0.534 e. The quantitative estimate of drug-likeness (QED) is 0.490. The van der Waals surface area contributed by atoms with Gasteiger partial charge >= 0.3 is 21.6 Å². The van der Waals surface area contributed by atoms with Gasteiger partial charge in [0.1, 0.15) is 5.75 Å². The van der Waals surface area contributed by atoms with Crippen molar-refractivity contribution < 1.29 is 35.7 Å². The van der Waals surface area contributed by atoms with Crippen molar-refractivity contribution in [1.82, 2.24) is 0 Å². The maximum absolute atomic E-state index is 12.3. The number of benzene rings is 1. The van der Waals surface area contributed by atoms with Gasteiger partial charge in [-0.05, 0) is 30.5 Å². The van der Waals surface area contributed by atoms with Crippen LogP contribution in [-0.4, -0.2) is 25.0 Å². The molecule has 0 fully saturated rings. The van der Waals surface area contributed by atoms with Crippen LogP contribution >= 0.6 is 0 Å². The van der Waals surface area contributed by atoms with Crippen LogP contribution in [0.4, 0.5) is 13.2 Å². The first-order valence-corrected chi connectivity index (χ1v) is 7.37. The van der Waals surface area contributed by atoms with Gasteiger partial charge < -0.3 is 9.29 Å². The third-order valence-electron chi connectivity index (χ3n) is 2.80. The summed E-state index contributed by atoms with van der Waals surface area (Å²) >= 11 is 0. The molecule has 1 atom stereocenters. The Kier molecular flexibility index (Phi) is 5.23. The number of alkyl halides is 3. The lowest BCUT2D eigenvalue weighted by atomic mass is 9.97. The summed E-state index contributed by atoms with van der Waals surface area (Å²) in [6.45, 7) is 4.80. The normalized spacial score (nSPS) is 13.5. The van der Waals surface area contributed by atoms with E-state index in [-0.39, 0.29) is 12.0 Å². The molecule has 1 aromatic carbocycles. The van der Waals surface area contributed by atoms with Gasteiger partial charge in [-0.1, -0.05) is 18.2 Å². The first-order chi connectivity index (χ1) is 9.99. The lowest BCUT2D eigenvalue weighted by Gasteiger charge is -2.14. The molecule has 1 N–H and O–H groups in total. The average Bonchev–Trinajstić information content (AvgIpc) is 2.38. The molecule has 0 aliphatic carbocycles. The molecule has 5 nitrogen and oxygen atoms in total. The monoisotopic (exact) mass is 338 g/mol. The van der Waals surface area contributed by atoms with E-state index >= 15 is 0 Å². The zero-order valence-corrected chi connectivity index (χ0v) is 12.2. The van der Waals surface area contributed by atoms with Crippen molar-refractivity contribution >= 4 is 16.1 Å². The number of halogens is 3. The number of rotatable bonds is 6. The van der Waals surface area contributed by atoms with Crippen molar-refractivity contribution in [3.05, 3.63) is 42.0 Å². The molecule has 0 aromatic heterocycles. The van der Waals surface area contributed by atoms with E-state index < -0.39 is 33.3 Å². The molecule has 0 aliphatic rings. The van der Waals surface area contributed by atoms with Crippen LogP contribution in [0.5, 0.6) is 5.75 Å². The van der Waals surface area contributed by atoms with Crippen molar-refractivity contribution in [3.63, 3.8) is 0 Å². The van der Waals surface area contributed by atoms with Gasteiger partial charge in [-0.25, -0.2) is 0 Å². The van der Waals surface area contributed by atoms with Gasteiger partial charge in [-0.3, -0.25) is 4.79 Å². The summed E-state index contributed by atoms with van der Waals surface area (Å²) in [5.41, 5.74) is -5.15. The molecule has 9 heteroatoms. The van der Waals surface area contributed by atoms with E-state index in [0.717, 1.165) is 6.07 Å². The summed E-state index contributed by atoms with van der Waals surface area (Å²) in [4.78, 5) is 10.9. The van der Waals surface area contributed by atoms with Crippen LogP contribution in [0.15, 0.2) is 30.9 Å². The molecule has 0 bridgehead atoms. The highest BCUT2D eigenvalue weighted by molar-refractivity contribution is 7.88. The molecular formula is C13H13F3O5S. The molecule has 122 valence electrons. The predicted molar refractivity (Wildman–Crippen MR) is 72.0 cm³/mol. The smallest absolute Gasteiger partial charge is 0.481 e. The second kappa shape index (κ2) is 6.39. The average molecular weight is 338 g/mol. The number of carboxylic acid groups (broad SMARTS) is 1. The van der Waals surface area contributed by atoms with Gasteiger partial charge in [0.15, 0.2) is 0 Å². The number of aliphatic carboxylic acids is 1. The largest absolute Gasteiger partial charge is 0.534 e. The second-order valence-electron chi connectivity index (χ2n) is 4.40. The molecule has 0 saturated carbocycles. The molecule has 0 saturated heterocycles. The Morgan fingerprint density at radius 2 is 2.05 bits per heavy atom. The molecule has 0 radical (unpaired) electrons. The minimum Gasteiger partial charge on any atom is -0.481 e. The van der Waals surface area contributed by atoms with E-state index in [0.29, 0.717) is 5.56 Å². The highest BCUT2D eigenvalue weighted by Gasteiger charge is 2.48. The summed E-state index contributed by atoms with van der Waals surface area (Å²) in [5, 5.41) is 8.92. The van der Waals surface area contributed by atoms with Gasteiger partial charge in [0, 0.05) is 0 Å². The Morgan fingerprint density at radius 3 is 2.50 bits per heavy atom. The molecule has 1 rings (SSSR count). The highest BCUT2D eigenvalue weighted by Crippen LogP contribution is 2.31. The van der Waals surface area contributed by atoms with Crippen LogP contribution in [-0.2, 0) is 21.3 Å². The zero-order chi connectivity index (χ0) is 17.1. The molecule has 1 aromatic rings. The Morgan fingerprint density at radius 1 is 1.45 bits per heavy atom. The molecular weight excluding hydrogens is 325 g/mol. The second-order valence-corrected chi connectivity index (χ2v) is 5.94. The third-order valence-corrected chi connectivity index (χ3v) is 3.77. The first kappa shape index (κ1) is 18.0. The molecule has 0 aliphatic heterocycles. The van der Waals surface area contributed by atoms with Crippen LogP contribution in [0.3, 0.4) is 0 Å². The van der Waals surface area contributed by atoms with Crippen LogP contribution in [0.2, 0.25) is 0 Å². The Hall–Kier alpha value is -2.03. The summed E-state index contributed by atoms with van der Waals surface area (Å²) in [6.07, 6.45) is 1.35. The summed E-state index contributed by atoms with van der Waals surface area (Å²) in [6, 6.07) is 3.48. The standard InChI is InChI=1S/C13H13F3O5S/c1-3-4-10-7-9(8(2)12(17)18)5-6-11(10)21-22(19,20)13(14,15)16/h3,5-8H,1,4H2,2H3,(H,17,18). The van der Waals surface area contributed by atoms with Gasteiger partial charge in [0.25, 0.3) is 0 Å². The van der Waals surface area contributed by atoms with Crippen LogP contribution < -0.4 is 4.18 Å². The molecule has 22 heavy (non-hydrogen) atoms. The molecule has 1 unspecified atom stereocenters. The topological polar surface area (TPSA) is 80.7 Å². The van der Waals surface area contributed by atoms with Crippen molar-refractivity contribution in [2.24, 2.45) is 0 Å². The van der Waals surface area contributed by atoms with E-state index in [1.807, 2.05) is 0 Å². The van der Waals surface area contributed by atoms with E-state index in [9.17, 15) is 26.4 Å². The van der Waals surface area contributed by atoms with Crippen molar-refractivity contribution in [1.29, 1.82) is 0 Å². The lowest BCUT2D eigenvalue weighted by Crippen LogP contribution is -2.28. The molecule has 0 spiro atoms. The minimum absolute atomic E-state index is 0.0168. The number of hydrogen-bond acceptors (Lipinski definition) is 4. The lowest BCUT2D eigenvalue weighted by molar-refractivity contribution is -0.138. The minimum atomic E-state index is -5.79. The van der Waals surface area contributed by atoms with E-state index in [2.05, 4.69) is 10.8 Å². The van der Waals surface area contributed by atoms with E-state index in [1.165, 1.54) is 25.1 Å². The number of carbonyl (C=O) groups is 1. The first-order valence-electron chi connectivity index (χ1n) is 5.97. The summed E-state index contributed by atoms with van der Waals surface area (Å²) in [5.74, 6) is -2.54. The summed E-state index contributed by atoms with van der Waals surface area (Å²) in [7, 11) is -5.79. The molecule has 0 amide bonds. The number of hydrogen-bond donors (Lipinski definition) is 1. The highest BCUT2D eigenvalue weighted by atomic mass is 32.2. The maximum atomic E-state index is 12.3. The number of carboxylic acids is 1. The Bertz CT molecular complexity index is 679. The van der Waals surface area contributed by atoms with Gasteiger partial charge in [0.05, 0.1) is 5.92 Å². The van der Waals surface area contributed by atoms with Crippen LogP contribution in [0, 0.1) is 0 Å². The third kappa shape index (κ3) is 4.00. The fourth-order valence-corrected chi connectivity index (χ4v) is 2.07. The van der Waals surface area contributed by atoms with Crippen LogP contribution in [0.1, 0.15) is 24.0 Å². The van der Waals surface area contributed by atoms with Crippen molar-refractivity contribution in [2.75, 3.05) is 0 Å². The fraction of sp³-hybridized carbons (Fsp3) is 0.308. The summed E-state index contributed by atoms with van der Waals surface area (Å²) < 4.78 is 63.2. The Balaban J connectivity index is 3.27. The van der Waals surface area contributed by atoms with Gasteiger partial charge in [-0.2, -0.15) is 21.6 Å². The molecule has 0 heterocycles. The SMILES string of the molecule is C=CCc1cc(C(C)C(=O)O)ccc1OS(=O)(=O)C(F)(F)F. The van der Waals surface area contributed by atoms with Gasteiger partial charge in [0.2, 0.25) is 0 Å². The fourth-order valence-electron chi connectivity index (χ4n) is 1.57. The van der Waals surface area contributed by atoms with Crippen LogP contribution in [0.25, 0.3) is 0 Å². The van der Waals surface area contributed by atoms with Crippen molar-refractivity contribution in [3.8, 4) is 5.75 Å². The zero-order valence-electron chi connectivity index (χ0n) is 11.4. The predicted octanol–water partition coefficient (Wildman–Crippen LogP) is 2.83. The van der Waals surface area contributed by atoms with E-state index in [1.54, 1.807) is 0 Å². The Labute approximate surface area is 125 Å². The van der Waals surface area contributed by atoms with E-state index in [4.69, 9.17) is 5.11 Å². The number of allylic oxidation sites excluding steroid dienone is 1. The van der Waals surface area contributed by atoms with Crippen molar-refractivity contribution in [2.45, 2.75) is 24.8 Å². The van der Waals surface area contributed by atoms with Gasteiger partial charge in [-0.15, -0.1) is 6.58 Å².